The smallest absolute Gasteiger partial charge is 0.406 e. The molecular formula is C9H6F6INO. The number of alkyl halides is 6. The van der Waals surface area contributed by atoms with Crippen LogP contribution in [0.2, 0.25) is 0 Å². The minimum Gasteiger partial charge on any atom is -0.406 e. The zero-order valence-corrected chi connectivity index (χ0v) is 10.6. The zero-order chi connectivity index (χ0) is 14.1. The first kappa shape index (κ1) is 15.3. The number of ether oxygens (including phenoxy) is 1. The van der Waals surface area contributed by atoms with E-state index in [4.69, 9.17) is 5.73 Å². The Labute approximate surface area is 111 Å². The van der Waals surface area contributed by atoms with Crippen LogP contribution >= 0.6 is 22.6 Å². The molecule has 0 spiro atoms. The Balaban J connectivity index is 3.09. The number of benzene rings is 1. The van der Waals surface area contributed by atoms with Gasteiger partial charge < -0.3 is 10.5 Å². The van der Waals surface area contributed by atoms with Gasteiger partial charge in [-0.05, 0) is 46.4 Å². The largest absolute Gasteiger partial charge is 0.573 e. The van der Waals surface area contributed by atoms with Gasteiger partial charge in [0, 0.05) is 3.57 Å². The summed E-state index contributed by atoms with van der Waals surface area (Å²) in [7, 11) is 0. The Morgan fingerprint density at radius 2 is 1.67 bits per heavy atom. The Morgan fingerprint density at radius 1 is 1.11 bits per heavy atom. The van der Waals surface area contributed by atoms with Crippen LogP contribution in [-0.2, 0) is 0 Å². The molecule has 0 unspecified atom stereocenters. The normalized spacial score (nSPS) is 14.4. The Morgan fingerprint density at radius 3 is 2.11 bits per heavy atom. The first-order chi connectivity index (χ1) is 8.00. The minimum absolute atomic E-state index is 0.104. The molecule has 0 heterocycles. The fourth-order valence-electron chi connectivity index (χ4n) is 1.13. The quantitative estimate of drug-likeness (QED) is 0.622. The van der Waals surface area contributed by atoms with E-state index in [1.165, 1.54) is 0 Å². The lowest BCUT2D eigenvalue weighted by molar-refractivity contribution is -0.274. The van der Waals surface area contributed by atoms with Crippen molar-refractivity contribution in [1.82, 2.24) is 0 Å². The molecule has 0 aliphatic rings. The van der Waals surface area contributed by atoms with Crippen LogP contribution in [0.15, 0.2) is 18.2 Å². The van der Waals surface area contributed by atoms with E-state index in [0.29, 0.717) is 6.07 Å². The van der Waals surface area contributed by atoms with Crippen LogP contribution in [0.4, 0.5) is 26.3 Å². The summed E-state index contributed by atoms with van der Waals surface area (Å²) >= 11 is 1.55. The molecule has 0 amide bonds. The predicted molar refractivity (Wildman–Crippen MR) is 58.8 cm³/mol. The molecule has 0 saturated carbocycles. The lowest BCUT2D eigenvalue weighted by Crippen LogP contribution is -2.29. The average molecular weight is 385 g/mol. The van der Waals surface area contributed by atoms with E-state index in [1.54, 1.807) is 22.6 Å². The molecule has 0 aromatic heterocycles. The number of halogens is 7. The highest BCUT2D eigenvalue weighted by atomic mass is 127. The second kappa shape index (κ2) is 5.11. The fourth-order valence-corrected chi connectivity index (χ4v) is 1.80. The van der Waals surface area contributed by atoms with Gasteiger partial charge in [0.15, 0.2) is 0 Å². The maximum atomic E-state index is 12.4. The van der Waals surface area contributed by atoms with Gasteiger partial charge in [-0.25, -0.2) is 0 Å². The van der Waals surface area contributed by atoms with Gasteiger partial charge in [0.25, 0.3) is 0 Å². The summed E-state index contributed by atoms with van der Waals surface area (Å²) in [6.07, 6.45) is -9.71. The van der Waals surface area contributed by atoms with E-state index < -0.39 is 29.9 Å². The van der Waals surface area contributed by atoms with Gasteiger partial charge in [-0.15, -0.1) is 13.2 Å². The molecule has 0 aliphatic heterocycles. The van der Waals surface area contributed by atoms with Crippen LogP contribution < -0.4 is 10.5 Å². The second-order valence-electron chi connectivity index (χ2n) is 3.25. The number of hydrogen-bond acceptors (Lipinski definition) is 2. The highest BCUT2D eigenvalue weighted by Gasteiger charge is 2.39. The van der Waals surface area contributed by atoms with Crippen molar-refractivity contribution in [2.24, 2.45) is 5.73 Å². The number of nitrogens with two attached hydrogens (primary N) is 1. The molecular weight excluding hydrogens is 379 g/mol. The summed E-state index contributed by atoms with van der Waals surface area (Å²) in [5, 5.41) is 0. The van der Waals surface area contributed by atoms with Gasteiger partial charge in [0.05, 0.1) is 0 Å². The molecule has 1 aromatic carbocycles. The second-order valence-corrected chi connectivity index (χ2v) is 4.41. The van der Waals surface area contributed by atoms with Crippen molar-refractivity contribution < 1.29 is 31.1 Å². The molecule has 2 nitrogen and oxygen atoms in total. The molecule has 1 rings (SSSR count). The first-order valence-electron chi connectivity index (χ1n) is 4.38. The molecule has 0 saturated heterocycles. The number of hydrogen-bond donors (Lipinski definition) is 1. The molecule has 0 bridgehead atoms. The van der Waals surface area contributed by atoms with Crippen molar-refractivity contribution in [3.05, 3.63) is 27.3 Å². The van der Waals surface area contributed by atoms with Crippen LogP contribution in [0.1, 0.15) is 11.6 Å². The fraction of sp³-hybridized carbons (Fsp3) is 0.333. The van der Waals surface area contributed by atoms with Gasteiger partial charge in [0.1, 0.15) is 11.8 Å². The Hall–Kier alpha value is -0.710. The lowest BCUT2D eigenvalue weighted by atomic mass is 10.1. The van der Waals surface area contributed by atoms with Crippen molar-refractivity contribution in [2.75, 3.05) is 0 Å². The summed E-state index contributed by atoms with van der Waals surface area (Å²) < 4.78 is 76.6. The van der Waals surface area contributed by atoms with E-state index >= 15 is 0 Å². The van der Waals surface area contributed by atoms with Gasteiger partial charge in [0.2, 0.25) is 0 Å². The van der Waals surface area contributed by atoms with Crippen molar-refractivity contribution >= 4 is 22.6 Å². The van der Waals surface area contributed by atoms with Gasteiger partial charge in [-0.1, -0.05) is 0 Å². The summed E-state index contributed by atoms with van der Waals surface area (Å²) in [6.45, 7) is 0. The predicted octanol–water partition coefficient (Wildman–Crippen LogP) is 3.75. The van der Waals surface area contributed by atoms with Crippen LogP contribution in [0.3, 0.4) is 0 Å². The SMILES string of the molecule is N[C@H](c1cc(OC(F)(F)F)ccc1I)C(F)(F)F. The van der Waals surface area contributed by atoms with E-state index in [0.717, 1.165) is 12.1 Å². The molecule has 0 radical (unpaired) electrons. The van der Waals surface area contributed by atoms with Gasteiger partial charge >= 0.3 is 12.5 Å². The molecule has 1 aromatic rings. The van der Waals surface area contributed by atoms with Crippen molar-refractivity contribution in [3.63, 3.8) is 0 Å². The minimum atomic E-state index is -4.97. The number of rotatable bonds is 2. The van der Waals surface area contributed by atoms with Crippen LogP contribution in [0, 0.1) is 3.57 Å². The third-order valence-electron chi connectivity index (χ3n) is 1.89. The summed E-state index contributed by atoms with van der Waals surface area (Å²) in [6, 6.07) is 0.263. The Kier molecular flexibility index (Phi) is 4.36. The average Bonchev–Trinajstić information content (AvgIpc) is 2.16. The van der Waals surface area contributed by atoms with Crippen LogP contribution in [0.25, 0.3) is 0 Å². The van der Waals surface area contributed by atoms with E-state index in [-0.39, 0.29) is 3.57 Å². The molecule has 1 atom stereocenters. The van der Waals surface area contributed by atoms with E-state index in [1.807, 2.05) is 0 Å². The van der Waals surface area contributed by atoms with Crippen molar-refractivity contribution in [3.8, 4) is 5.75 Å². The molecule has 9 heteroatoms. The lowest BCUT2D eigenvalue weighted by Gasteiger charge is -2.18. The molecule has 0 fully saturated rings. The maximum absolute atomic E-state index is 12.4. The summed E-state index contributed by atoms with van der Waals surface area (Å²) in [4.78, 5) is 0. The molecule has 18 heavy (non-hydrogen) atoms. The standard InChI is InChI=1S/C9H6F6INO/c10-8(11,12)7(17)5-3-4(1-2-6(5)16)18-9(13,14)15/h1-3,7H,17H2/t7-/m1/s1. The van der Waals surface area contributed by atoms with Crippen LogP contribution in [0.5, 0.6) is 5.75 Å². The summed E-state index contributed by atoms with van der Waals surface area (Å²) in [5.41, 5.74) is 4.47. The monoisotopic (exact) mass is 385 g/mol. The molecule has 102 valence electrons. The highest BCUT2D eigenvalue weighted by molar-refractivity contribution is 14.1. The van der Waals surface area contributed by atoms with Crippen molar-refractivity contribution in [1.29, 1.82) is 0 Å². The van der Waals surface area contributed by atoms with Gasteiger partial charge in [-0.2, -0.15) is 13.2 Å². The van der Waals surface area contributed by atoms with Gasteiger partial charge in [-0.3, -0.25) is 0 Å². The maximum Gasteiger partial charge on any atom is 0.573 e. The van der Waals surface area contributed by atoms with Crippen LogP contribution in [-0.4, -0.2) is 12.5 Å². The third-order valence-corrected chi connectivity index (χ3v) is 2.87. The zero-order valence-electron chi connectivity index (χ0n) is 8.44. The van der Waals surface area contributed by atoms with E-state index in [2.05, 4.69) is 4.74 Å². The van der Waals surface area contributed by atoms with Crippen molar-refractivity contribution in [2.45, 2.75) is 18.6 Å². The molecule has 2 N–H and O–H groups in total. The highest BCUT2D eigenvalue weighted by Crippen LogP contribution is 2.35. The molecule has 0 aliphatic carbocycles. The Bertz CT molecular complexity index is 430. The third kappa shape index (κ3) is 4.19. The first-order valence-corrected chi connectivity index (χ1v) is 5.46. The topological polar surface area (TPSA) is 35.2 Å². The summed E-state index contributed by atoms with van der Waals surface area (Å²) in [5.74, 6) is -0.738. The van der Waals surface area contributed by atoms with E-state index in [9.17, 15) is 26.3 Å².